The van der Waals surface area contributed by atoms with Gasteiger partial charge in [-0.3, -0.25) is 4.68 Å². The van der Waals surface area contributed by atoms with E-state index < -0.39 is 6.10 Å². The summed E-state index contributed by atoms with van der Waals surface area (Å²) < 4.78 is 7.79. The zero-order valence-corrected chi connectivity index (χ0v) is 13.3. The van der Waals surface area contributed by atoms with Gasteiger partial charge in [0.2, 0.25) is 0 Å². The first-order chi connectivity index (χ1) is 10.2. The van der Waals surface area contributed by atoms with Crippen LogP contribution in [0.5, 0.6) is 0 Å². The van der Waals surface area contributed by atoms with Crippen LogP contribution in [0.15, 0.2) is 12.3 Å². The molecule has 0 amide bonds. The van der Waals surface area contributed by atoms with Crippen LogP contribution in [-0.2, 0) is 18.3 Å². The summed E-state index contributed by atoms with van der Waals surface area (Å²) in [5.41, 5.74) is 1.11. The maximum Gasteiger partial charge on any atom is 0.0897 e. The summed E-state index contributed by atoms with van der Waals surface area (Å²) in [5, 5.41) is 17.4. The molecule has 0 aromatic carbocycles. The Kier molecular flexibility index (Phi) is 6.67. The molecular formula is C16H29N3O2. The van der Waals surface area contributed by atoms with Crippen LogP contribution in [0.3, 0.4) is 0 Å². The van der Waals surface area contributed by atoms with Gasteiger partial charge < -0.3 is 15.2 Å². The second kappa shape index (κ2) is 8.51. The molecule has 1 aliphatic rings. The minimum Gasteiger partial charge on any atom is -0.389 e. The number of aromatic nitrogens is 2. The standard InChI is InChI=1S/C16H29N3O2/c1-3-13-6-4-5-7-16(13)21-12-15(20)11-17-10-14-8-9-18-19(14)2/h8-9,13,15-17,20H,3-7,10-12H2,1-2H3. The molecule has 2 N–H and O–H groups in total. The van der Waals surface area contributed by atoms with Crippen molar-refractivity contribution in [1.29, 1.82) is 0 Å². The van der Waals surface area contributed by atoms with Crippen molar-refractivity contribution in [2.75, 3.05) is 13.2 Å². The highest BCUT2D eigenvalue weighted by atomic mass is 16.5. The molecule has 1 heterocycles. The van der Waals surface area contributed by atoms with Crippen LogP contribution in [0.1, 0.15) is 44.7 Å². The summed E-state index contributed by atoms with van der Waals surface area (Å²) in [6.07, 6.45) is 7.87. The lowest BCUT2D eigenvalue weighted by Gasteiger charge is -2.31. The Labute approximate surface area is 127 Å². The van der Waals surface area contributed by atoms with Gasteiger partial charge >= 0.3 is 0 Å². The largest absolute Gasteiger partial charge is 0.389 e. The molecule has 1 aromatic heterocycles. The maximum atomic E-state index is 10.0. The van der Waals surface area contributed by atoms with Gasteiger partial charge in [0.1, 0.15) is 0 Å². The second-order valence-corrected chi connectivity index (χ2v) is 6.06. The predicted octanol–water partition coefficient (Wildman–Crippen LogP) is 1.86. The van der Waals surface area contributed by atoms with Crippen molar-refractivity contribution in [3.63, 3.8) is 0 Å². The van der Waals surface area contributed by atoms with Crippen molar-refractivity contribution in [2.24, 2.45) is 13.0 Å². The van der Waals surface area contributed by atoms with Gasteiger partial charge in [0.25, 0.3) is 0 Å². The molecule has 3 atom stereocenters. The topological polar surface area (TPSA) is 59.3 Å². The molecule has 5 nitrogen and oxygen atoms in total. The summed E-state index contributed by atoms with van der Waals surface area (Å²) >= 11 is 0. The number of hydrogen-bond donors (Lipinski definition) is 2. The third-order valence-electron chi connectivity index (χ3n) is 4.47. The van der Waals surface area contributed by atoms with Crippen LogP contribution in [0.25, 0.3) is 0 Å². The fourth-order valence-electron chi connectivity index (χ4n) is 3.10. The van der Waals surface area contributed by atoms with Crippen LogP contribution < -0.4 is 5.32 Å². The molecule has 0 radical (unpaired) electrons. The van der Waals surface area contributed by atoms with Gasteiger partial charge in [-0.1, -0.05) is 26.2 Å². The van der Waals surface area contributed by atoms with Crippen molar-refractivity contribution >= 4 is 0 Å². The SMILES string of the molecule is CCC1CCCCC1OCC(O)CNCc1ccnn1C. The van der Waals surface area contributed by atoms with Gasteiger partial charge in [-0.05, 0) is 24.8 Å². The summed E-state index contributed by atoms with van der Waals surface area (Å²) in [6, 6.07) is 1.98. The molecule has 3 unspecified atom stereocenters. The number of hydrogen-bond acceptors (Lipinski definition) is 4. The Morgan fingerprint density at radius 1 is 1.48 bits per heavy atom. The first-order valence-corrected chi connectivity index (χ1v) is 8.18. The number of ether oxygens (including phenoxy) is 1. The molecule has 21 heavy (non-hydrogen) atoms. The average Bonchev–Trinajstić information content (AvgIpc) is 2.91. The third-order valence-corrected chi connectivity index (χ3v) is 4.47. The molecule has 0 saturated heterocycles. The van der Waals surface area contributed by atoms with Gasteiger partial charge in [-0.25, -0.2) is 0 Å². The summed E-state index contributed by atoms with van der Waals surface area (Å²) in [7, 11) is 1.92. The monoisotopic (exact) mass is 295 g/mol. The summed E-state index contributed by atoms with van der Waals surface area (Å²) in [5.74, 6) is 0.674. The molecule has 1 aliphatic carbocycles. The number of aliphatic hydroxyl groups is 1. The van der Waals surface area contributed by atoms with E-state index in [9.17, 15) is 5.11 Å². The molecule has 0 bridgehead atoms. The zero-order chi connectivity index (χ0) is 15.1. The maximum absolute atomic E-state index is 10.0. The normalized spacial score (nSPS) is 24.1. The van der Waals surface area contributed by atoms with Crippen molar-refractivity contribution in [3.05, 3.63) is 18.0 Å². The van der Waals surface area contributed by atoms with Crippen LogP contribution >= 0.6 is 0 Å². The van der Waals surface area contributed by atoms with Crippen molar-refractivity contribution < 1.29 is 9.84 Å². The predicted molar refractivity (Wildman–Crippen MR) is 82.9 cm³/mol. The van der Waals surface area contributed by atoms with E-state index in [1.165, 1.54) is 25.7 Å². The van der Waals surface area contributed by atoms with E-state index in [-0.39, 0.29) is 0 Å². The lowest BCUT2D eigenvalue weighted by atomic mass is 9.85. The van der Waals surface area contributed by atoms with Gasteiger partial charge in [0, 0.05) is 26.3 Å². The van der Waals surface area contributed by atoms with Crippen LogP contribution in [0.2, 0.25) is 0 Å². The van der Waals surface area contributed by atoms with E-state index in [1.807, 2.05) is 17.8 Å². The third kappa shape index (κ3) is 5.09. The van der Waals surface area contributed by atoms with Gasteiger partial charge in [-0.2, -0.15) is 5.10 Å². The summed E-state index contributed by atoms with van der Waals surface area (Å²) in [6.45, 7) is 3.93. The molecule has 1 saturated carbocycles. The van der Waals surface area contributed by atoms with Gasteiger partial charge in [0.15, 0.2) is 0 Å². The number of nitrogens with one attached hydrogen (secondary N) is 1. The molecule has 2 rings (SSSR count). The van der Waals surface area contributed by atoms with Crippen LogP contribution in [0, 0.1) is 5.92 Å². The Bertz CT molecular complexity index is 408. The van der Waals surface area contributed by atoms with Gasteiger partial charge in [0.05, 0.1) is 24.5 Å². The number of aryl methyl sites for hydroxylation is 1. The number of nitrogens with zero attached hydrogens (tertiary/aromatic N) is 2. The van der Waals surface area contributed by atoms with Gasteiger partial charge in [-0.15, -0.1) is 0 Å². The Morgan fingerprint density at radius 2 is 2.29 bits per heavy atom. The molecule has 1 fully saturated rings. The molecular weight excluding hydrogens is 266 g/mol. The zero-order valence-electron chi connectivity index (χ0n) is 13.3. The van der Waals surface area contributed by atoms with Crippen LogP contribution in [-0.4, -0.2) is 40.2 Å². The highest BCUT2D eigenvalue weighted by Gasteiger charge is 2.24. The van der Waals surface area contributed by atoms with E-state index in [2.05, 4.69) is 17.3 Å². The highest BCUT2D eigenvalue weighted by Crippen LogP contribution is 2.29. The van der Waals surface area contributed by atoms with E-state index >= 15 is 0 Å². The van der Waals surface area contributed by atoms with Crippen molar-refractivity contribution in [2.45, 2.75) is 57.8 Å². The first kappa shape index (κ1) is 16.5. The first-order valence-electron chi connectivity index (χ1n) is 8.18. The number of aliphatic hydroxyl groups excluding tert-OH is 1. The fraction of sp³-hybridized carbons (Fsp3) is 0.812. The quantitative estimate of drug-likeness (QED) is 0.768. The average molecular weight is 295 g/mol. The Balaban J connectivity index is 1.63. The van der Waals surface area contributed by atoms with E-state index in [4.69, 9.17) is 4.74 Å². The highest BCUT2D eigenvalue weighted by molar-refractivity contribution is 4.99. The van der Waals surface area contributed by atoms with E-state index in [1.54, 1.807) is 6.20 Å². The molecule has 0 aliphatic heterocycles. The van der Waals surface area contributed by atoms with Crippen LogP contribution in [0.4, 0.5) is 0 Å². The fourth-order valence-corrected chi connectivity index (χ4v) is 3.10. The molecule has 0 spiro atoms. The minimum absolute atomic E-state index is 0.343. The second-order valence-electron chi connectivity index (χ2n) is 6.06. The minimum atomic E-state index is -0.447. The lowest BCUT2D eigenvalue weighted by Crippen LogP contribution is -2.35. The van der Waals surface area contributed by atoms with Crippen molar-refractivity contribution in [1.82, 2.24) is 15.1 Å². The lowest BCUT2D eigenvalue weighted by molar-refractivity contribution is -0.0499. The summed E-state index contributed by atoms with van der Waals surface area (Å²) in [4.78, 5) is 0. The molecule has 5 heteroatoms. The number of rotatable bonds is 8. The van der Waals surface area contributed by atoms with E-state index in [0.29, 0.717) is 31.7 Å². The Morgan fingerprint density at radius 3 is 3.00 bits per heavy atom. The molecule has 1 aromatic rings. The van der Waals surface area contributed by atoms with Crippen molar-refractivity contribution in [3.8, 4) is 0 Å². The Hall–Kier alpha value is -0.910. The van der Waals surface area contributed by atoms with E-state index in [0.717, 1.165) is 12.1 Å². The smallest absolute Gasteiger partial charge is 0.0897 e. The molecule has 120 valence electrons.